The standard InChI is InChI=1S/C18H14F3N5O/c19-18(20,21)12-4-6-13(7-5-12)26-17(27)15-9-16(25-11-24-15)23-10-14-3-1-2-8-22-14/h1-9,11H,10H2,(H,26,27)(H,23,24,25). The molecule has 1 aromatic carbocycles. The number of halogens is 3. The lowest BCUT2D eigenvalue weighted by Gasteiger charge is -2.09. The van der Waals surface area contributed by atoms with Gasteiger partial charge in [-0.25, -0.2) is 9.97 Å². The van der Waals surface area contributed by atoms with Crippen molar-refractivity contribution in [1.29, 1.82) is 0 Å². The highest BCUT2D eigenvalue weighted by Gasteiger charge is 2.30. The summed E-state index contributed by atoms with van der Waals surface area (Å²) in [6, 6.07) is 11.1. The molecule has 0 atom stereocenters. The fourth-order valence-electron chi connectivity index (χ4n) is 2.20. The van der Waals surface area contributed by atoms with Crippen LogP contribution in [0.5, 0.6) is 0 Å². The maximum atomic E-state index is 12.6. The van der Waals surface area contributed by atoms with Crippen molar-refractivity contribution in [1.82, 2.24) is 15.0 Å². The number of rotatable bonds is 5. The first kappa shape index (κ1) is 18.3. The molecule has 138 valence electrons. The van der Waals surface area contributed by atoms with Crippen molar-refractivity contribution < 1.29 is 18.0 Å². The molecule has 0 aliphatic rings. The number of alkyl halides is 3. The molecule has 0 radical (unpaired) electrons. The summed E-state index contributed by atoms with van der Waals surface area (Å²) in [5.74, 6) is -0.133. The molecule has 2 N–H and O–H groups in total. The number of aromatic nitrogens is 3. The molecule has 0 bridgehead atoms. The molecule has 0 spiro atoms. The molecule has 0 saturated heterocycles. The van der Waals surface area contributed by atoms with E-state index in [0.29, 0.717) is 12.4 Å². The number of nitrogens with one attached hydrogen (secondary N) is 2. The highest BCUT2D eigenvalue weighted by atomic mass is 19.4. The van der Waals surface area contributed by atoms with E-state index in [1.54, 1.807) is 12.3 Å². The summed E-state index contributed by atoms with van der Waals surface area (Å²) in [6.07, 6.45) is -1.54. The Bertz CT molecular complexity index is 914. The molecular formula is C18H14F3N5O. The highest BCUT2D eigenvalue weighted by Crippen LogP contribution is 2.29. The van der Waals surface area contributed by atoms with E-state index in [-0.39, 0.29) is 11.4 Å². The van der Waals surface area contributed by atoms with Crippen LogP contribution in [0, 0.1) is 0 Å². The van der Waals surface area contributed by atoms with Gasteiger partial charge in [0.1, 0.15) is 17.8 Å². The Balaban J connectivity index is 1.64. The minimum absolute atomic E-state index is 0.0772. The first-order valence-electron chi connectivity index (χ1n) is 7.86. The van der Waals surface area contributed by atoms with Crippen LogP contribution >= 0.6 is 0 Å². The number of carbonyl (C=O) groups excluding carboxylic acids is 1. The van der Waals surface area contributed by atoms with Gasteiger partial charge in [-0.1, -0.05) is 6.07 Å². The van der Waals surface area contributed by atoms with Crippen molar-refractivity contribution in [2.75, 3.05) is 10.6 Å². The molecule has 6 nitrogen and oxygen atoms in total. The molecule has 2 aromatic heterocycles. The molecule has 1 amide bonds. The summed E-state index contributed by atoms with van der Waals surface area (Å²) in [4.78, 5) is 24.3. The van der Waals surface area contributed by atoms with E-state index in [4.69, 9.17) is 0 Å². The summed E-state index contributed by atoms with van der Waals surface area (Å²) in [6.45, 7) is 0.415. The molecule has 27 heavy (non-hydrogen) atoms. The number of pyridine rings is 1. The second kappa shape index (κ2) is 7.81. The third-order valence-electron chi connectivity index (χ3n) is 3.55. The van der Waals surface area contributed by atoms with Crippen molar-refractivity contribution in [3.8, 4) is 0 Å². The monoisotopic (exact) mass is 373 g/mol. The Morgan fingerprint density at radius 1 is 1.00 bits per heavy atom. The predicted molar refractivity (Wildman–Crippen MR) is 93.0 cm³/mol. The van der Waals surface area contributed by atoms with Crippen molar-refractivity contribution in [2.24, 2.45) is 0 Å². The molecule has 3 aromatic rings. The summed E-state index contributed by atoms with van der Waals surface area (Å²) >= 11 is 0. The number of hydrogen-bond donors (Lipinski definition) is 2. The Kier molecular flexibility index (Phi) is 5.30. The van der Waals surface area contributed by atoms with E-state index in [0.717, 1.165) is 17.8 Å². The second-order valence-electron chi connectivity index (χ2n) is 5.49. The lowest BCUT2D eigenvalue weighted by Crippen LogP contribution is -2.15. The largest absolute Gasteiger partial charge is 0.416 e. The first-order chi connectivity index (χ1) is 12.9. The van der Waals surface area contributed by atoms with Crippen LogP contribution in [0.3, 0.4) is 0 Å². The Morgan fingerprint density at radius 3 is 2.44 bits per heavy atom. The van der Waals surface area contributed by atoms with E-state index in [1.807, 2.05) is 12.1 Å². The predicted octanol–water partition coefficient (Wildman–Crippen LogP) is 3.75. The number of amides is 1. The minimum atomic E-state index is -4.43. The van der Waals surface area contributed by atoms with Crippen LogP contribution in [0.25, 0.3) is 0 Å². The first-order valence-corrected chi connectivity index (χ1v) is 7.86. The molecule has 0 aliphatic heterocycles. The highest BCUT2D eigenvalue weighted by molar-refractivity contribution is 6.03. The van der Waals surface area contributed by atoms with Crippen molar-refractivity contribution in [2.45, 2.75) is 12.7 Å². The zero-order valence-corrected chi connectivity index (χ0v) is 13.9. The van der Waals surface area contributed by atoms with Gasteiger partial charge in [-0.3, -0.25) is 9.78 Å². The van der Waals surface area contributed by atoms with Crippen molar-refractivity contribution in [3.63, 3.8) is 0 Å². The number of hydrogen-bond acceptors (Lipinski definition) is 5. The SMILES string of the molecule is O=C(Nc1ccc(C(F)(F)F)cc1)c1cc(NCc2ccccn2)ncn1. The topological polar surface area (TPSA) is 79.8 Å². The van der Waals surface area contributed by atoms with Crippen molar-refractivity contribution in [3.05, 3.63) is 78.0 Å². The molecule has 3 rings (SSSR count). The van der Waals surface area contributed by atoms with E-state index in [1.165, 1.54) is 24.5 Å². The van der Waals surface area contributed by atoms with Gasteiger partial charge in [0.25, 0.3) is 5.91 Å². The van der Waals surface area contributed by atoms with Crippen LogP contribution in [0.1, 0.15) is 21.7 Å². The quantitative estimate of drug-likeness (QED) is 0.712. The van der Waals surface area contributed by atoms with Gasteiger partial charge in [0.2, 0.25) is 0 Å². The Hall–Kier alpha value is -3.49. The third kappa shape index (κ3) is 5.00. The van der Waals surface area contributed by atoms with Crippen LogP contribution in [0.4, 0.5) is 24.7 Å². The van der Waals surface area contributed by atoms with Gasteiger partial charge in [0.15, 0.2) is 0 Å². The Labute approximate surface area is 152 Å². The number of carbonyl (C=O) groups is 1. The fraction of sp³-hybridized carbons (Fsp3) is 0.111. The molecule has 0 saturated carbocycles. The maximum Gasteiger partial charge on any atom is 0.416 e. The average molecular weight is 373 g/mol. The smallest absolute Gasteiger partial charge is 0.364 e. The zero-order valence-electron chi connectivity index (χ0n) is 13.9. The minimum Gasteiger partial charge on any atom is -0.364 e. The molecule has 2 heterocycles. The van der Waals surface area contributed by atoms with Crippen LogP contribution in [0.15, 0.2) is 61.1 Å². The van der Waals surface area contributed by atoms with E-state index in [9.17, 15) is 18.0 Å². The lowest BCUT2D eigenvalue weighted by molar-refractivity contribution is -0.137. The van der Waals surface area contributed by atoms with Gasteiger partial charge in [0, 0.05) is 18.0 Å². The maximum absolute atomic E-state index is 12.6. The lowest BCUT2D eigenvalue weighted by atomic mass is 10.2. The van der Waals surface area contributed by atoms with Gasteiger partial charge in [-0.15, -0.1) is 0 Å². The van der Waals surface area contributed by atoms with Crippen LogP contribution < -0.4 is 10.6 Å². The molecule has 0 unspecified atom stereocenters. The summed E-state index contributed by atoms with van der Waals surface area (Å²) in [7, 11) is 0. The van der Waals surface area contributed by atoms with Gasteiger partial charge in [-0.05, 0) is 36.4 Å². The van der Waals surface area contributed by atoms with Gasteiger partial charge < -0.3 is 10.6 Å². The molecule has 9 heteroatoms. The number of benzene rings is 1. The Morgan fingerprint density at radius 2 is 1.78 bits per heavy atom. The van der Waals surface area contributed by atoms with Gasteiger partial charge >= 0.3 is 6.18 Å². The third-order valence-corrected chi connectivity index (χ3v) is 3.55. The van der Waals surface area contributed by atoms with Crippen LogP contribution in [0.2, 0.25) is 0 Å². The molecule has 0 fully saturated rings. The van der Waals surface area contributed by atoms with E-state index in [2.05, 4.69) is 25.6 Å². The number of anilines is 2. The van der Waals surface area contributed by atoms with Gasteiger partial charge in [-0.2, -0.15) is 13.2 Å². The van der Waals surface area contributed by atoms with Crippen molar-refractivity contribution >= 4 is 17.4 Å². The average Bonchev–Trinajstić information content (AvgIpc) is 2.67. The van der Waals surface area contributed by atoms with E-state index < -0.39 is 17.6 Å². The van der Waals surface area contributed by atoms with Crippen LogP contribution in [-0.2, 0) is 12.7 Å². The second-order valence-corrected chi connectivity index (χ2v) is 5.49. The van der Waals surface area contributed by atoms with E-state index >= 15 is 0 Å². The summed E-state index contributed by atoms with van der Waals surface area (Å²) in [5.41, 5.74) is 0.318. The number of nitrogens with zero attached hydrogens (tertiary/aromatic N) is 3. The zero-order chi connectivity index (χ0) is 19.3. The molecule has 0 aliphatic carbocycles. The summed E-state index contributed by atoms with van der Waals surface area (Å²) in [5, 5.41) is 5.53. The van der Waals surface area contributed by atoms with Crippen LogP contribution in [-0.4, -0.2) is 20.9 Å². The molecular weight excluding hydrogens is 359 g/mol. The normalized spacial score (nSPS) is 11.1. The fourth-order valence-corrected chi connectivity index (χ4v) is 2.20. The summed E-state index contributed by atoms with van der Waals surface area (Å²) < 4.78 is 37.7. The van der Waals surface area contributed by atoms with Gasteiger partial charge in [0.05, 0.1) is 17.8 Å².